The molecule has 0 saturated heterocycles. The molecule has 0 fully saturated rings. The highest BCUT2D eigenvalue weighted by atomic mass is 16.4. The number of carboxylic acid groups (broad SMARTS) is 1. The van der Waals surface area contributed by atoms with Crippen LogP contribution in [0.3, 0.4) is 0 Å². The summed E-state index contributed by atoms with van der Waals surface area (Å²) in [5, 5.41) is 11.0. The van der Waals surface area contributed by atoms with Gasteiger partial charge in [0.05, 0.1) is 11.0 Å². The first-order chi connectivity index (χ1) is 9.15. The summed E-state index contributed by atoms with van der Waals surface area (Å²) < 4.78 is 0. The molecule has 0 aliphatic carbocycles. The Bertz CT molecular complexity index is 764. The number of rotatable bonds is 3. The Balaban J connectivity index is 2.10. The van der Waals surface area contributed by atoms with Crippen LogP contribution < -0.4 is 5.73 Å². The Hall–Kier alpha value is -2.40. The number of benzene rings is 2. The number of nitrogens with zero attached hydrogens (tertiary/aromatic N) is 1. The van der Waals surface area contributed by atoms with Crippen LogP contribution in [0.1, 0.15) is 5.82 Å². The molecule has 1 atom stereocenters. The van der Waals surface area contributed by atoms with E-state index in [4.69, 9.17) is 10.8 Å². The highest BCUT2D eigenvalue weighted by molar-refractivity contribution is 6.04. The molecule has 3 rings (SSSR count). The third-order valence-corrected chi connectivity index (χ3v) is 3.16. The molecule has 5 heteroatoms. The van der Waals surface area contributed by atoms with Crippen molar-refractivity contribution >= 4 is 27.8 Å². The summed E-state index contributed by atoms with van der Waals surface area (Å²) >= 11 is 0. The van der Waals surface area contributed by atoms with Crippen LogP contribution in [0.25, 0.3) is 21.8 Å². The number of hydrogen-bond donors (Lipinski definition) is 3. The van der Waals surface area contributed by atoms with Crippen molar-refractivity contribution in [2.75, 3.05) is 0 Å². The number of imidazole rings is 1. The van der Waals surface area contributed by atoms with E-state index in [0.29, 0.717) is 5.82 Å². The zero-order chi connectivity index (χ0) is 13.4. The van der Waals surface area contributed by atoms with Crippen molar-refractivity contribution in [3.05, 3.63) is 42.2 Å². The summed E-state index contributed by atoms with van der Waals surface area (Å²) in [7, 11) is 0. The Morgan fingerprint density at radius 1 is 1.32 bits per heavy atom. The predicted molar refractivity (Wildman–Crippen MR) is 72.9 cm³/mol. The monoisotopic (exact) mass is 255 g/mol. The van der Waals surface area contributed by atoms with Crippen LogP contribution in [-0.4, -0.2) is 27.1 Å². The second-order valence-corrected chi connectivity index (χ2v) is 4.52. The second kappa shape index (κ2) is 4.37. The van der Waals surface area contributed by atoms with Crippen molar-refractivity contribution < 1.29 is 9.90 Å². The van der Waals surface area contributed by atoms with Gasteiger partial charge in [0.15, 0.2) is 0 Å². The average Bonchev–Trinajstić information content (AvgIpc) is 2.81. The van der Waals surface area contributed by atoms with Crippen LogP contribution in [0.4, 0.5) is 0 Å². The molecule has 0 aliphatic rings. The van der Waals surface area contributed by atoms with Gasteiger partial charge in [0.25, 0.3) is 0 Å². The largest absolute Gasteiger partial charge is 0.480 e. The molecule has 19 heavy (non-hydrogen) atoms. The quantitative estimate of drug-likeness (QED) is 0.663. The smallest absolute Gasteiger partial charge is 0.320 e. The van der Waals surface area contributed by atoms with E-state index in [1.54, 1.807) is 0 Å². The maximum atomic E-state index is 10.8. The number of nitrogens with one attached hydrogen (secondary N) is 1. The zero-order valence-corrected chi connectivity index (χ0v) is 10.1. The molecular formula is C14H13N3O2. The zero-order valence-electron chi connectivity index (χ0n) is 10.1. The van der Waals surface area contributed by atoms with Gasteiger partial charge in [-0.25, -0.2) is 4.98 Å². The Kier molecular flexibility index (Phi) is 2.68. The fourth-order valence-electron chi connectivity index (χ4n) is 2.19. The first-order valence-corrected chi connectivity index (χ1v) is 6.00. The second-order valence-electron chi connectivity index (χ2n) is 4.52. The molecule has 3 aromatic rings. The van der Waals surface area contributed by atoms with Gasteiger partial charge in [0.2, 0.25) is 0 Å². The third-order valence-electron chi connectivity index (χ3n) is 3.16. The molecular weight excluding hydrogens is 242 g/mol. The lowest BCUT2D eigenvalue weighted by atomic mass is 10.1. The van der Waals surface area contributed by atoms with Gasteiger partial charge in [0, 0.05) is 11.8 Å². The summed E-state index contributed by atoms with van der Waals surface area (Å²) in [6.45, 7) is 0. The van der Waals surface area contributed by atoms with Crippen molar-refractivity contribution in [1.82, 2.24) is 9.97 Å². The maximum absolute atomic E-state index is 10.8. The number of fused-ring (bicyclic) bond motifs is 3. The Morgan fingerprint density at radius 2 is 2.11 bits per heavy atom. The molecule has 5 nitrogen and oxygen atoms in total. The SMILES string of the molecule is N[C@H](Cc1nc2c(ccc3ccccc32)[nH]1)C(=O)O. The van der Waals surface area contributed by atoms with E-state index in [2.05, 4.69) is 9.97 Å². The van der Waals surface area contributed by atoms with Gasteiger partial charge >= 0.3 is 5.97 Å². The fourth-order valence-corrected chi connectivity index (χ4v) is 2.19. The summed E-state index contributed by atoms with van der Waals surface area (Å²) in [4.78, 5) is 18.3. The highest BCUT2D eigenvalue weighted by Crippen LogP contribution is 2.23. The minimum atomic E-state index is -1.02. The van der Waals surface area contributed by atoms with Crippen molar-refractivity contribution in [1.29, 1.82) is 0 Å². The third kappa shape index (κ3) is 2.04. The lowest BCUT2D eigenvalue weighted by Gasteiger charge is -2.01. The van der Waals surface area contributed by atoms with Crippen LogP contribution >= 0.6 is 0 Å². The summed E-state index contributed by atoms with van der Waals surface area (Å²) in [6, 6.07) is 11.0. The molecule has 0 aliphatic heterocycles. The number of nitrogens with two attached hydrogens (primary N) is 1. The molecule has 0 amide bonds. The van der Waals surface area contributed by atoms with E-state index in [9.17, 15) is 4.79 Å². The maximum Gasteiger partial charge on any atom is 0.320 e. The topological polar surface area (TPSA) is 92.0 Å². The molecule has 0 spiro atoms. The number of carboxylic acids is 1. The van der Waals surface area contributed by atoms with Gasteiger partial charge in [-0.1, -0.05) is 30.3 Å². The minimum Gasteiger partial charge on any atom is -0.480 e. The van der Waals surface area contributed by atoms with Crippen molar-refractivity contribution in [2.24, 2.45) is 5.73 Å². The molecule has 2 aromatic carbocycles. The minimum absolute atomic E-state index is 0.193. The van der Waals surface area contributed by atoms with E-state index in [1.807, 2.05) is 36.4 Å². The van der Waals surface area contributed by atoms with Crippen LogP contribution in [0.2, 0.25) is 0 Å². The number of H-pyrrole nitrogens is 1. The lowest BCUT2D eigenvalue weighted by molar-refractivity contribution is -0.138. The van der Waals surface area contributed by atoms with Gasteiger partial charge in [-0.15, -0.1) is 0 Å². The van der Waals surface area contributed by atoms with Gasteiger partial charge in [-0.3, -0.25) is 4.79 Å². The van der Waals surface area contributed by atoms with Crippen LogP contribution in [0.5, 0.6) is 0 Å². The van der Waals surface area contributed by atoms with Crippen LogP contribution in [0, 0.1) is 0 Å². The lowest BCUT2D eigenvalue weighted by Crippen LogP contribution is -2.32. The van der Waals surface area contributed by atoms with Gasteiger partial charge < -0.3 is 15.8 Å². The first-order valence-electron chi connectivity index (χ1n) is 6.00. The Morgan fingerprint density at radius 3 is 2.89 bits per heavy atom. The fraction of sp³-hybridized carbons (Fsp3) is 0.143. The van der Waals surface area contributed by atoms with Crippen LogP contribution in [-0.2, 0) is 11.2 Å². The summed E-state index contributed by atoms with van der Waals surface area (Å²) in [5.41, 5.74) is 7.27. The van der Waals surface area contributed by atoms with Gasteiger partial charge in [-0.05, 0) is 11.5 Å². The number of aromatic nitrogens is 2. The van der Waals surface area contributed by atoms with Crippen molar-refractivity contribution in [3.8, 4) is 0 Å². The molecule has 1 heterocycles. The summed E-state index contributed by atoms with van der Waals surface area (Å²) in [6.07, 6.45) is 0.193. The predicted octanol–water partition coefficient (Wildman–Crippen LogP) is 1.67. The molecule has 96 valence electrons. The molecule has 4 N–H and O–H groups in total. The molecule has 0 radical (unpaired) electrons. The number of hydrogen-bond acceptors (Lipinski definition) is 3. The summed E-state index contributed by atoms with van der Waals surface area (Å²) in [5.74, 6) is -0.424. The highest BCUT2D eigenvalue weighted by Gasteiger charge is 2.15. The first kappa shape index (κ1) is 11.7. The van der Waals surface area contributed by atoms with Crippen molar-refractivity contribution in [2.45, 2.75) is 12.5 Å². The van der Waals surface area contributed by atoms with Crippen LogP contribution in [0.15, 0.2) is 36.4 Å². The Labute approximate surface area is 109 Å². The normalized spacial score (nSPS) is 12.9. The number of carbonyl (C=O) groups is 1. The van der Waals surface area contributed by atoms with E-state index in [0.717, 1.165) is 21.8 Å². The average molecular weight is 255 g/mol. The van der Waals surface area contributed by atoms with E-state index < -0.39 is 12.0 Å². The standard InChI is InChI=1S/C14H13N3O2/c15-10(14(18)19)7-12-16-11-6-5-8-3-1-2-4-9(8)13(11)17-12/h1-6,10H,7,15H2,(H,16,17)(H,18,19)/t10-/m1/s1. The number of aromatic amines is 1. The van der Waals surface area contributed by atoms with E-state index in [1.165, 1.54) is 0 Å². The number of aliphatic carboxylic acids is 1. The van der Waals surface area contributed by atoms with E-state index >= 15 is 0 Å². The molecule has 0 bridgehead atoms. The molecule has 0 saturated carbocycles. The van der Waals surface area contributed by atoms with Gasteiger partial charge in [-0.2, -0.15) is 0 Å². The van der Waals surface area contributed by atoms with Gasteiger partial charge in [0.1, 0.15) is 11.9 Å². The van der Waals surface area contributed by atoms with E-state index in [-0.39, 0.29) is 6.42 Å². The van der Waals surface area contributed by atoms with Crippen molar-refractivity contribution in [3.63, 3.8) is 0 Å². The molecule has 0 unspecified atom stereocenters. The molecule has 1 aromatic heterocycles.